The molecule has 0 amide bonds. The predicted molar refractivity (Wildman–Crippen MR) is 78.6 cm³/mol. The molecule has 0 saturated heterocycles. The van der Waals surface area contributed by atoms with Crippen LogP contribution in [0.5, 0.6) is 0 Å². The average Bonchev–Trinajstić information content (AvgIpc) is 2.86. The minimum Gasteiger partial charge on any atom is -0.347 e. The van der Waals surface area contributed by atoms with Crippen molar-refractivity contribution in [1.29, 1.82) is 0 Å². The van der Waals surface area contributed by atoms with Crippen LogP contribution in [-0.4, -0.2) is 15.5 Å². The number of nitro benzene ring substituents is 1. The summed E-state index contributed by atoms with van der Waals surface area (Å²) in [5.41, 5.74) is 7.96. The third kappa shape index (κ3) is 3.24. The fourth-order valence-electron chi connectivity index (χ4n) is 2.21. The summed E-state index contributed by atoms with van der Waals surface area (Å²) in [5.74, 6) is 0. The van der Waals surface area contributed by atoms with E-state index in [0.29, 0.717) is 12.1 Å². The first-order chi connectivity index (χ1) is 9.61. The minimum absolute atomic E-state index is 0.120. The topological polar surface area (TPSA) is 74.1 Å². The van der Waals surface area contributed by atoms with Crippen molar-refractivity contribution in [3.05, 3.63) is 64.0 Å². The molecule has 1 unspecified atom stereocenters. The second-order valence-electron chi connectivity index (χ2n) is 4.89. The summed E-state index contributed by atoms with van der Waals surface area (Å²) in [7, 11) is 0. The molecule has 0 aliphatic rings. The smallest absolute Gasteiger partial charge is 0.274 e. The number of hydrogen-bond donors (Lipinski definition) is 1. The third-order valence-corrected chi connectivity index (χ3v) is 3.45. The van der Waals surface area contributed by atoms with Gasteiger partial charge in [0.25, 0.3) is 5.69 Å². The Morgan fingerprint density at radius 3 is 2.75 bits per heavy atom. The normalized spacial score (nSPS) is 12.3. The fraction of sp³-hybridized carbons (Fsp3) is 0.333. The number of para-hydroxylation sites is 1. The number of hydrogen-bond acceptors (Lipinski definition) is 3. The average molecular weight is 273 g/mol. The molecular formula is C15H19N3O2. The molecule has 1 aromatic heterocycles. The number of nitrogens with two attached hydrogens (primary N) is 1. The first-order valence-corrected chi connectivity index (χ1v) is 6.73. The van der Waals surface area contributed by atoms with Gasteiger partial charge in [0, 0.05) is 36.0 Å². The Balaban J connectivity index is 2.23. The van der Waals surface area contributed by atoms with Crippen molar-refractivity contribution in [3.63, 3.8) is 0 Å². The highest BCUT2D eigenvalue weighted by Gasteiger charge is 2.14. The van der Waals surface area contributed by atoms with Crippen LogP contribution in [0.15, 0.2) is 42.6 Å². The molecule has 0 spiro atoms. The van der Waals surface area contributed by atoms with Gasteiger partial charge in [0.1, 0.15) is 0 Å². The molecule has 2 rings (SSSR count). The maximum absolute atomic E-state index is 11.0. The third-order valence-electron chi connectivity index (χ3n) is 3.45. The van der Waals surface area contributed by atoms with Crippen LogP contribution < -0.4 is 5.73 Å². The van der Waals surface area contributed by atoms with Crippen molar-refractivity contribution in [3.8, 4) is 0 Å². The van der Waals surface area contributed by atoms with Gasteiger partial charge in [-0.1, -0.05) is 25.1 Å². The van der Waals surface area contributed by atoms with E-state index in [2.05, 4.69) is 6.92 Å². The Labute approximate surface area is 118 Å². The largest absolute Gasteiger partial charge is 0.347 e. The lowest BCUT2D eigenvalue weighted by atomic mass is 10.1. The van der Waals surface area contributed by atoms with Crippen LogP contribution in [0.4, 0.5) is 5.69 Å². The zero-order chi connectivity index (χ0) is 14.5. The molecule has 0 saturated carbocycles. The van der Waals surface area contributed by atoms with Crippen LogP contribution in [0.25, 0.3) is 0 Å². The molecule has 0 fully saturated rings. The number of aromatic nitrogens is 1. The molecule has 1 heterocycles. The van der Waals surface area contributed by atoms with Gasteiger partial charge in [-0.2, -0.15) is 0 Å². The van der Waals surface area contributed by atoms with E-state index < -0.39 is 0 Å². The second-order valence-corrected chi connectivity index (χ2v) is 4.89. The Hall–Kier alpha value is -2.14. The van der Waals surface area contributed by atoms with Gasteiger partial charge in [-0.05, 0) is 18.6 Å². The Morgan fingerprint density at radius 2 is 2.05 bits per heavy atom. The molecule has 5 heteroatoms. The number of rotatable bonds is 6. The molecular weight excluding hydrogens is 254 g/mol. The quantitative estimate of drug-likeness (QED) is 0.649. The van der Waals surface area contributed by atoms with Crippen molar-refractivity contribution >= 4 is 5.69 Å². The number of benzene rings is 1. The summed E-state index contributed by atoms with van der Waals surface area (Å²) < 4.78 is 2.03. The van der Waals surface area contributed by atoms with E-state index in [1.165, 1.54) is 6.07 Å². The lowest BCUT2D eigenvalue weighted by Crippen LogP contribution is -2.23. The molecule has 2 N–H and O–H groups in total. The Kier molecular flexibility index (Phi) is 4.53. The lowest BCUT2D eigenvalue weighted by Gasteiger charge is -2.13. The van der Waals surface area contributed by atoms with Crippen LogP contribution in [0, 0.1) is 10.1 Å². The van der Waals surface area contributed by atoms with Gasteiger partial charge < -0.3 is 10.3 Å². The molecule has 0 aliphatic heterocycles. The van der Waals surface area contributed by atoms with Crippen LogP contribution in [0.3, 0.4) is 0 Å². The molecule has 0 radical (unpaired) electrons. The summed E-state index contributed by atoms with van der Waals surface area (Å²) in [6.45, 7) is 2.55. The zero-order valence-electron chi connectivity index (χ0n) is 11.5. The first-order valence-electron chi connectivity index (χ1n) is 6.73. The van der Waals surface area contributed by atoms with Crippen LogP contribution >= 0.6 is 0 Å². The molecule has 0 bridgehead atoms. The van der Waals surface area contributed by atoms with Crippen molar-refractivity contribution in [2.45, 2.75) is 32.4 Å². The van der Waals surface area contributed by atoms with Gasteiger partial charge in [0.2, 0.25) is 0 Å². The highest BCUT2D eigenvalue weighted by Crippen LogP contribution is 2.20. The minimum atomic E-state index is -0.337. The Bertz CT molecular complexity index is 592. The van der Waals surface area contributed by atoms with E-state index in [4.69, 9.17) is 5.73 Å². The van der Waals surface area contributed by atoms with E-state index in [0.717, 1.165) is 18.5 Å². The summed E-state index contributed by atoms with van der Waals surface area (Å²) in [5, 5.41) is 11.0. The molecule has 106 valence electrons. The molecule has 2 aromatic rings. The van der Waals surface area contributed by atoms with Gasteiger partial charge in [-0.3, -0.25) is 10.1 Å². The maximum Gasteiger partial charge on any atom is 0.274 e. The monoisotopic (exact) mass is 273 g/mol. The van der Waals surface area contributed by atoms with Crippen molar-refractivity contribution in [2.24, 2.45) is 5.73 Å². The maximum atomic E-state index is 11.0. The van der Waals surface area contributed by atoms with Crippen LogP contribution in [0.1, 0.15) is 24.6 Å². The molecule has 0 aliphatic carbocycles. The van der Waals surface area contributed by atoms with E-state index in [9.17, 15) is 10.1 Å². The van der Waals surface area contributed by atoms with Crippen molar-refractivity contribution in [2.75, 3.05) is 0 Å². The van der Waals surface area contributed by atoms with Gasteiger partial charge in [0.15, 0.2) is 0 Å². The second kappa shape index (κ2) is 6.34. The van der Waals surface area contributed by atoms with E-state index in [1.54, 1.807) is 12.1 Å². The van der Waals surface area contributed by atoms with Crippen LogP contribution in [0.2, 0.25) is 0 Å². The van der Waals surface area contributed by atoms with Crippen LogP contribution in [-0.2, 0) is 13.0 Å². The molecule has 1 atom stereocenters. The summed E-state index contributed by atoms with van der Waals surface area (Å²) in [4.78, 5) is 10.7. The first kappa shape index (κ1) is 14.3. The SMILES string of the molecule is CCC(N)Cc1cccn1Cc1ccccc1[N+](=O)[O-]. The van der Waals surface area contributed by atoms with Crippen molar-refractivity contribution in [1.82, 2.24) is 4.57 Å². The van der Waals surface area contributed by atoms with E-state index in [-0.39, 0.29) is 16.7 Å². The van der Waals surface area contributed by atoms with Gasteiger partial charge in [-0.15, -0.1) is 0 Å². The van der Waals surface area contributed by atoms with E-state index >= 15 is 0 Å². The summed E-state index contributed by atoms with van der Waals surface area (Å²) in [6.07, 6.45) is 3.63. The van der Waals surface area contributed by atoms with Gasteiger partial charge >= 0.3 is 0 Å². The van der Waals surface area contributed by atoms with Crippen molar-refractivity contribution < 1.29 is 4.92 Å². The van der Waals surface area contributed by atoms with Gasteiger partial charge in [-0.25, -0.2) is 0 Å². The molecule has 1 aromatic carbocycles. The number of nitrogens with zero attached hydrogens (tertiary/aromatic N) is 2. The fourth-order valence-corrected chi connectivity index (χ4v) is 2.21. The number of nitro groups is 1. The Morgan fingerprint density at radius 1 is 1.30 bits per heavy atom. The van der Waals surface area contributed by atoms with Gasteiger partial charge in [0.05, 0.1) is 11.5 Å². The molecule has 5 nitrogen and oxygen atoms in total. The van der Waals surface area contributed by atoms with E-state index in [1.807, 2.05) is 29.0 Å². The summed E-state index contributed by atoms with van der Waals surface area (Å²) in [6, 6.07) is 10.9. The standard InChI is InChI=1S/C15H19N3O2/c1-2-13(16)10-14-7-5-9-17(14)11-12-6-3-4-8-15(12)18(19)20/h3-9,13H,2,10-11,16H2,1H3. The molecule has 20 heavy (non-hydrogen) atoms. The zero-order valence-corrected chi connectivity index (χ0v) is 11.5. The summed E-state index contributed by atoms with van der Waals surface area (Å²) >= 11 is 0. The predicted octanol–water partition coefficient (Wildman–Crippen LogP) is 2.72. The highest BCUT2D eigenvalue weighted by molar-refractivity contribution is 5.40. The lowest BCUT2D eigenvalue weighted by molar-refractivity contribution is -0.385. The highest BCUT2D eigenvalue weighted by atomic mass is 16.6.